The number of rotatable bonds is 3. The summed E-state index contributed by atoms with van der Waals surface area (Å²) < 4.78 is 40.7. The summed E-state index contributed by atoms with van der Waals surface area (Å²) in [6.07, 6.45) is -4.83. The number of halogens is 3. The van der Waals surface area contributed by atoms with Crippen molar-refractivity contribution in [2.75, 3.05) is 11.4 Å². The van der Waals surface area contributed by atoms with Crippen LogP contribution in [0.15, 0.2) is 24.3 Å². The third-order valence-corrected chi connectivity index (χ3v) is 2.89. The van der Waals surface area contributed by atoms with Crippen LogP contribution >= 0.6 is 0 Å². The highest BCUT2D eigenvalue weighted by atomic mass is 19.4. The van der Waals surface area contributed by atoms with Gasteiger partial charge in [-0.1, -0.05) is 12.1 Å². The van der Waals surface area contributed by atoms with Crippen LogP contribution < -0.4 is 9.64 Å². The highest BCUT2D eigenvalue weighted by molar-refractivity contribution is 6.08. The summed E-state index contributed by atoms with van der Waals surface area (Å²) in [5, 5.41) is 8.85. The average molecular weight is 289 g/mol. The van der Waals surface area contributed by atoms with Gasteiger partial charge in [-0.3, -0.25) is 9.59 Å². The molecule has 0 saturated carbocycles. The van der Waals surface area contributed by atoms with Crippen LogP contribution in [0.3, 0.4) is 0 Å². The maximum atomic E-state index is 12.3. The number of carboxylic acids is 1. The molecule has 0 spiro atoms. The quantitative estimate of drug-likeness (QED) is 0.864. The molecule has 2 rings (SSSR count). The topological polar surface area (TPSA) is 66.8 Å². The first-order chi connectivity index (χ1) is 9.29. The van der Waals surface area contributed by atoms with Crippen molar-refractivity contribution >= 4 is 17.6 Å². The fourth-order valence-electron chi connectivity index (χ4n) is 2.04. The van der Waals surface area contributed by atoms with Crippen LogP contribution in [0.5, 0.6) is 5.75 Å². The van der Waals surface area contributed by atoms with E-state index in [2.05, 4.69) is 4.74 Å². The summed E-state index contributed by atoms with van der Waals surface area (Å²) in [7, 11) is 0. The molecule has 8 heteroatoms. The number of ether oxygens (including phenoxy) is 1. The van der Waals surface area contributed by atoms with Gasteiger partial charge >= 0.3 is 12.3 Å². The molecule has 1 fully saturated rings. The van der Waals surface area contributed by atoms with Crippen LogP contribution in [-0.4, -0.2) is 29.9 Å². The van der Waals surface area contributed by atoms with Gasteiger partial charge in [0.2, 0.25) is 5.91 Å². The number of carbonyl (C=O) groups is 2. The summed E-state index contributed by atoms with van der Waals surface area (Å²) >= 11 is 0. The molecule has 1 aliphatic rings. The van der Waals surface area contributed by atoms with Gasteiger partial charge in [0.15, 0.2) is 5.75 Å². The number of alkyl halides is 3. The van der Waals surface area contributed by atoms with Gasteiger partial charge in [-0.15, -0.1) is 13.2 Å². The second kappa shape index (κ2) is 5.03. The van der Waals surface area contributed by atoms with Crippen LogP contribution in [-0.2, 0) is 9.59 Å². The molecule has 1 atom stereocenters. The van der Waals surface area contributed by atoms with E-state index in [1.165, 1.54) is 18.2 Å². The highest BCUT2D eigenvalue weighted by Gasteiger charge is 2.40. The minimum atomic E-state index is -4.88. The van der Waals surface area contributed by atoms with E-state index in [-0.39, 0.29) is 18.7 Å². The van der Waals surface area contributed by atoms with Gasteiger partial charge in [-0.2, -0.15) is 0 Å². The van der Waals surface area contributed by atoms with Crippen molar-refractivity contribution in [1.29, 1.82) is 0 Å². The fraction of sp³-hybridized carbons (Fsp3) is 0.333. The van der Waals surface area contributed by atoms with Crippen molar-refractivity contribution in [3.63, 3.8) is 0 Å². The Labute approximate surface area is 111 Å². The van der Waals surface area contributed by atoms with Crippen LogP contribution in [0.1, 0.15) is 6.42 Å². The summed E-state index contributed by atoms with van der Waals surface area (Å²) in [5.41, 5.74) is -0.0847. The molecule has 0 aliphatic carbocycles. The molecule has 1 unspecified atom stereocenters. The zero-order valence-corrected chi connectivity index (χ0v) is 10.1. The van der Waals surface area contributed by atoms with Gasteiger partial charge in [0.05, 0.1) is 5.69 Å². The zero-order chi connectivity index (χ0) is 14.9. The Morgan fingerprint density at radius 1 is 1.35 bits per heavy atom. The lowest BCUT2D eigenvalue weighted by Crippen LogP contribution is -2.31. The van der Waals surface area contributed by atoms with E-state index in [0.29, 0.717) is 0 Å². The number of para-hydroxylation sites is 2. The largest absolute Gasteiger partial charge is 0.573 e. The number of anilines is 1. The van der Waals surface area contributed by atoms with E-state index in [9.17, 15) is 22.8 Å². The van der Waals surface area contributed by atoms with Gasteiger partial charge in [0, 0.05) is 6.54 Å². The fourth-order valence-corrected chi connectivity index (χ4v) is 2.04. The molecule has 0 bridgehead atoms. The predicted octanol–water partition coefficient (Wildman–Crippen LogP) is 2.02. The van der Waals surface area contributed by atoms with E-state index in [1.54, 1.807) is 0 Å². The Morgan fingerprint density at radius 3 is 2.55 bits per heavy atom. The third kappa shape index (κ3) is 2.84. The third-order valence-electron chi connectivity index (χ3n) is 2.89. The van der Waals surface area contributed by atoms with E-state index in [4.69, 9.17) is 5.11 Å². The zero-order valence-electron chi connectivity index (χ0n) is 10.1. The number of hydrogen-bond acceptors (Lipinski definition) is 3. The summed E-state index contributed by atoms with van der Waals surface area (Å²) in [6.45, 7) is 0.0357. The Morgan fingerprint density at radius 2 is 2.00 bits per heavy atom. The lowest BCUT2D eigenvalue weighted by molar-refractivity contribution is -0.274. The van der Waals surface area contributed by atoms with Crippen molar-refractivity contribution in [2.45, 2.75) is 12.8 Å². The molecule has 20 heavy (non-hydrogen) atoms. The van der Waals surface area contributed by atoms with Crippen molar-refractivity contribution in [1.82, 2.24) is 0 Å². The van der Waals surface area contributed by atoms with Crippen LogP contribution in [0.25, 0.3) is 0 Å². The first-order valence-electron chi connectivity index (χ1n) is 5.68. The SMILES string of the molecule is O=C(O)C1CCN(c2ccccc2OC(F)(F)F)C1=O. The van der Waals surface area contributed by atoms with E-state index in [1.807, 2.05) is 0 Å². The molecule has 1 aromatic rings. The lowest BCUT2D eigenvalue weighted by atomic mass is 10.1. The molecular formula is C12H10F3NO4. The average Bonchev–Trinajstić information content (AvgIpc) is 2.70. The highest BCUT2D eigenvalue weighted by Crippen LogP contribution is 2.35. The minimum Gasteiger partial charge on any atom is -0.481 e. The molecule has 1 aromatic carbocycles. The van der Waals surface area contributed by atoms with Crippen LogP contribution in [0.2, 0.25) is 0 Å². The number of carbonyl (C=O) groups excluding carboxylic acids is 1. The number of aliphatic carboxylic acids is 1. The second-order valence-electron chi connectivity index (χ2n) is 4.18. The Balaban J connectivity index is 2.30. The van der Waals surface area contributed by atoms with Gasteiger partial charge < -0.3 is 14.7 Å². The van der Waals surface area contributed by atoms with Gasteiger partial charge in [0.25, 0.3) is 0 Å². The van der Waals surface area contributed by atoms with E-state index in [0.717, 1.165) is 11.0 Å². The van der Waals surface area contributed by atoms with Gasteiger partial charge in [-0.25, -0.2) is 0 Å². The molecule has 5 nitrogen and oxygen atoms in total. The van der Waals surface area contributed by atoms with Crippen LogP contribution in [0.4, 0.5) is 18.9 Å². The first kappa shape index (κ1) is 14.2. The monoisotopic (exact) mass is 289 g/mol. The number of amides is 1. The van der Waals surface area contributed by atoms with Crippen molar-refractivity contribution in [2.24, 2.45) is 5.92 Å². The molecule has 1 amide bonds. The maximum Gasteiger partial charge on any atom is 0.573 e. The van der Waals surface area contributed by atoms with Crippen molar-refractivity contribution in [3.05, 3.63) is 24.3 Å². The second-order valence-corrected chi connectivity index (χ2v) is 4.18. The molecule has 0 radical (unpaired) electrons. The molecular weight excluding hydrogens is 279 g/mol. The molecule has 108 valence electrons. The van der Waals surface area contributed by atoms with Crippen molar-refractivity contribution < 1.29 is 32.6 Å². The molecule has 1 saturated heterocycles. The summed E-state index contributed by atoms with van der Waals surface area (Å²) in [6, 6.07) is 5.13. The van der Waals surface area contributed by atoms with Crippen molar-refractivity contribution in [3.8, 4) is 5.75 Å². The molecule has 1 heterocycles. The first-order valence-corrected chi connectivity index (χ1v) is 5.68. The summed E-state index contributed by atoms with van der Waals surface area (Å²) in [4.78, 5) is 23.7. The summed E-state index contributed by atoms with van der Waals surface area (Å²) in [5.74, 6) is -3.78. The van der Waals surface area contributed by atoms with E-state index >= 15 is 0 Å². The predicted molar refractivity (Wildman–Crippen MR) is 61.2 cm³/mol. The molecule has 1 aliphatic heterocycles. The normalized spacial score (nSPS) is 19.2. The Hall–Kier alpha value is -2.25. The van der Waals surface area contributed by atoms with Gasteiger partial charge in [0.1, 0.15) is 5.92 Å². The standard InChI is InChI=1S/C12H10F3NO4/c13-12(14,15)20-9-4-2-1-3-8(9)16-6-5-7(10(16)17)11(18)19/h1-4,7H,5-6H2,(H,18,19). The van der Waals surface area contributed by atoms with Crippen LogP contribution in [0, 0.1) is 5.92 Å². The lowest BCUT2D eigenvalue weighted by Gasteiger charge is -2.20. The number of hydrogen-bond donors (Lipinski definition) is 1. The van der Waals surface area contributed by atoms with Gasteiger partial charge in [-0.05, 0) is 18.6 Å². The molecule has 0 aromatic heterocycles. The maximum absolute atomic E-state index is 12.3. The smallest absolute Gasteiger partial charge is 0.481 e. The van der Waals surface area contributed by atoms with E-state index < -0.39 is 29.9 Å². The number of nitrogens with zero attached hydrogens (tertiary/aromatic N) is 1. The number of carboxylic acid groups (broad SMARTS) is 1. The number of benzene rings is 1. The molecule has 1 N–H and O–H groups in total. The Bertz CT molecular complexity index is 544. The minimum absolute atomic E-state index is 0.0357. The Kier molecular flexibility index (Phi) is 3.56.